The first kappa shape index (κ1) is 19.5. The molecule has 1 fully saturated rings. The Hall–Kier alpha value is -2.30. The molecule has 2 aliphatic rings. The Morgan fingerprint density at radius 1 is 1.04 bits per heavy atom. The number of amides is 3. The predicted octanol–water partition coefficient (Wildman–Crippen LogP) is -0.597. The number of carbonyl (C=O) groups excluding carboxylic acids is 3. The highest BCUT2D eigenvalue weighted by atomic mass is 32.2. The highest BCUT2D eigenvalue weighted by Gasteiger charge is 2.37. The molecule has 2 aliphatic heterocycles. The van der Waals surface area contributed by atoms with E-state index in [1.807, 2.05) is 0 Å². The van der Waals surface area contributed by atoms with Crippen LogP contribution in [0, 0.1) is 0 Å². The van der Waals surface area contributed by atoms with Crippen LogP contribution in [0.3, 0.4) is 0 Å². The van der Waals surface area contributed by atoms with Crippen molar-refractivity contribution in [3.63, 3.8) is 0 Å². The maximum absolute atomic E-state index is 12.5. The number of rotatable bonds is 6. The first-order valence-electron chi connectivity index (χ1n) is 8.55. The Balaban J connectivity index is 1.58. The molecule has 0 atom stereocenters. The molecule has 0 aliphatic carbocycles. The van der Waals surface area contributed by atoms with E-state index in [4.69, 9.17) is 4.74 Å². The third-order valence-corrected chi connectivity index (χ3v) is 6.54. The molecule has 0 radical (unpaired) electrons. The summed E-state index contributed by atoms with van der Waals surface area (Å²) in [6, 6.07) is 6.45. The van der Waals surface area contributed by atoms with Gasteiger partial charge in [0.1, 0.15) is 6.54 Å². The van der Waals surface area contributed by atoms with Crippen LogP contribution in [0.2, 0.25) is 0 Å². The smallest absolute Gasteiger partial charge is 0.262 e. The van der Waals surface area contributed by atoms with Crippen molar-refractivity contribution in [2.24, 2.45) is 0 Å². The molecule has 0 saturated carbocycles. The van der Waals surface area contributed by atoms with Gasteiger partial charge in [0.05, 0.1) is 23.5 Å². The fraction of sp³-hybridized carbons (Fsp3) is 0.471. The van der Waals surface area contributed by atoms with Crippen molar-refractivity contribution in [2.45, 2.75) is 0 Å². The molecule has 1 aromatic rings. The number of nitrogens with zero attached hydrogens (tertiary/aromatic N) is 3. The van der Waals surface area contributed by atoms with Gasteiger partial charge in [0.2, 0.25) is 15.9 Å². The summed E-state index contributed by atoms with van der Waals surface area (Å²) in [4.78, 5) is 39.6. The zero-order valence-electron chi connectivity index (χ0n) is 15.0. The molecule has 10 heteroatoms. The average molecular weight is 395 g/mol. The van der Waals surface area contributed by atoms with Crippen molar-refractivity contribution in [1.82, 2.24) is 14.1 Å². The Labute approximate surface area is 157 Å². The van der Waals surface area contributed by atoms with Gasteiger partial charge < -0.3 is 9.64 Å². The van der Waals surface area contributed by atoms with Crippen LogP contribution >= 0.6 is 0 Å². The highest BCUT2D eigenvalue weighted by molar-refractivity contribution is 7.89. The minimum Gasteiger partial charge on any atom is -0.384 e. The van der Waals surface area contributed by atoms with Gasteiger partial charge in [-0.1, -0.05) is 12.1 Å². The fourth-order valence-corrected chi connectivity index (χ4v) is 4.51. The molecule has 1 aromatic carbocycles. The number of benzene rings is 1. The second-order valence-corrected chi connectivity index (χ2v) is 8.42. The second kappa shape index (κ2) is 7.75. The molecule has 3 amide bonds. The van der Waals surface area contributed by atoms with Gasteiger partial charge in [-0.15, -0.1) is 0 Å². The van der Waals surface area contributed by atoms with Gasteiger partial charge >= 0.3 is 0 Å². The summed E-state index contributed by atoms with van der Waals surface area (Å²) in [5.74, 6) is -1.44. The van der Waals surface area contributed by atoms with Crippen LogP contribution in [0.4, 0.5) is 0 Å². The number of hydrogen-bond donors (Lipinski definition) is 0. The van der Waals surface area contributed by atoms with Gasteiger partial charge in [0, 0.05) is 33.3 Å². The van der Waals surface area contributed by atoms with Crippen LogP contribution in [-0.4, -0.2) is 92.4 Å². The molecule has 0 N–H and O–H groups in total. The van der Waals surface area contributed by atoms with E-state index >= 15 is 0 Å². The van der Waals surface area contributed by atoms with Crippen molar-refractivity contribution >= 4 is 27.7 Å². The van der Waals surface area contributed by atoms with Gasteiger partial charge in [0.25, 0.3) is 11.8 Å². The quantitative estimate of drug-likeness (QED) is 0.596. The lowest BCUT2D eigenvalue weighted by molar-refractivity contribution is -0.132. The monoisotopic (exact) mass is 395 g/mol. The molecule has 27 heavy (non-hydrogen) atoms. The second-order valence-electron chi connectivity index (χ2n) is 6.33. The van der Waals surface area contributed by atoms with Crippen LogP contribution in [0.25, 0.3) is 0 Å². The van der Waals surface area contributed by atoms with E-state index in [-0.39, 0.29) is 51.0 Å². The van der Waals surface area contributed by atoms with Crippen LogP contribution in [-0.2, 0) is 19.6 Å². The van der Waals surface area contributed by atoms with E-state index in [2.05, 4.69) is 0 Å². The summed E-state index contributed by atoms with van der Waals surface area (Å²) in [7, 11) is -1.98. The highest BCUT2D eigenvalue weighted by Crippen LogP contribution is 2.22. The minimum absolute atomic E-state index is 0.105. The maximum atomic E-state index is 12.5. The molecule has 146 valence electrons. The summed E-state index contributed by atoms with van der Waals surface area (Å²) < 4.78 is 30.5. The Bertz CT molecular complexity index is 826. The van der Waals surface area contributed by atoms with Gasteiger partial charge in [-0.05, 0) is 12.1 Å². The van der Waals surface area contributed by atoms with E-state index in [0.717, 1.165) is 4.90 Å². The number of ether oxygens (including phenoxy) is 1. The van der Waals surface area contributed by atoms with Crippen molar-refractivity contribution < 1.29 is 27.5 Å². The molecule has 0 aromatic heterocycles. The minimum atomic E-state index is -3.42. The van der Waals surface area contributed by atoms with Gasteiger partial charge in [-0.3, -0.25) is 19.3 Å². The SMILES string of the molecule is COCCS(=O)(=O)N1CCN(C(=O)CN2C(=O)c3ccccc3C2=O)CC1. The predicted molar refractivity (Wildman–Crippen MR) is 95.6 cm³/mol. The Morgan fingerprint density at radius 3 is 2.11 bits per heavy atom. The number of sulfonamides is 1. The third kappa shape index (κ3) is 3.87. The number of carbonyl (C=O) groups is 3. The molecule has 3 rings (SSSR count). The molecule has 0 unspecified atom stereocenters. The molecule has 1 saturated heterocycles. The average Bonchev–Trinajstić information content (AvgIpc) is 2.92. The number of piperazine rings is 1. The summed E-state index contributed by atoms with van der Waals surface area (Å²) in [6.07, 6.45) is 0. The van der Waals surface area contributed by atoms with Crippen molar-refractivity contribution in [3.8, 4) is 0 Å². The van der Waals surface area contributed by atoms with Crippen LogP contribution in [0.1, 0.15) is 20.7 Å². The van der Waals surface area contributed by atoms with Gasteiger partial charge in [-0.2, -0.15) is 4.31 Å². The van der Waals surface area contributed by atoms with Gasteiger partial charge in [-0.25, -0.2) is 8.42 Å². The molecule has 0 spiro atoms. The zero-order valence-corrected chi connectivity index (χ0v) is 15.8. The maximum Gasteiger partial charge on any atom is 0.262 e. The molecular weight excluding hydrogens is 374 g/mol. The molecule has 2 heterocycles. The Morgan fingerprint density at radius 2 is 1.59 bits per heavy atom. The number of methoxy groups -OCH3 is 1. The van der Waals surface area contributed by atoms with Crippen LogP contribution < -0.4 is 0 Å². The standard InChI is InChI=1S/C17H21N3O6S/c1-26-10-11-27(24,25)19-8-6-18(7-9-19)15(21)12-20-16(22)13-4-2-3-5-14(13)17(20)23/h2-5H,6-12H2,1H3. The zero-order chi connectivity index (χ0) is 19.6. The normalized spacial score (nSPS) is 18.1. The lowest BCUT2D eigenvalue weighted by Gasteiger charge is -2.34. The van der Waals surface area contributed by atoms with Gasteiger partial charge in [0.15, 0.2) is 0 Å². The third-order valence-electron chi connectivity index (χ3n) is 4.70. The van der Waals surface area contributed by atoms with Crippen molar-refractivity contribution in [3.05, 3.63) is 35.4 Å². The Kier molecular flexibility index (Phi) is 5.59. The number of fused-ring (bicyclic) bond motifs is 1. The number of hydrogen-bond acceptors (Lipinski definition) is 6. The van der Waals surface area contributed by atoms with E-state index in [0.29, 0.717) is 11.1 Å². The van der Waals surface area contributed by atoms with Crippen LogP contribution in [0.15, 0.2) is 24.3 Å². The lowest BCUT2D eigenvalue weighted by Crippen LogP contribution is -2.53. The topological polar surface area (TPSA) is 104 Å². The van der Waals surface area contributed by atoms with E-state index < -0.39 is 21.8 Å². The van der Waals surface area contributed by atoms with E-state index in [1.54, 1.807) is 24.3 Å². The first-order chi connectivity index (χ1) is 12.8. The summed E-state index contributed by atoms with van der Waals surface area (Å²) in [5, 5.41) is 0. The largest absolute Gasteiger partial charge is 0.384 e. The van der Waals surface area contributed by atoms with Crippen molar-refractivity contribution in [2.75, 3.05) is 52.2 Å². The fourth-order valence-electron chi connectivity index (χ4n) is 3.15. The summed E-state index contributed by atoms with van der Waals surface area (Å²) in [6.45, 7) is 0.562. The van der Waals surface area contributed by atoms with Crippen molar-refractivity contribution in [1.29, 1.82) is 0 Å². The molecule has 0 bridgehead atoms. The molecule has 9 nitrogen and oxygen atoms in total. The first-order valence-corrected chi connectivity index (χ1v) is 10.2. The van der Waals surface area contributed by atoms with Crippen LogP contribution in [0.5, 0.6) is 0 Å². The summed E-state index contributed by atoms with van der Waals surface area (Å²) >= 11 is 0. The lowest BCUT2D eigenvalue weighted by atomic mass is 10.1. The summed E-state index contributed by atoms with van der Waals surface area (Å²) in [5.41, 5.74) is 0.591. The van der Waals surface area contributed by atoms with E-state index in [9.17, 15) is 22.8 Å². The van der Waals surface area contributed by atoms with E-state index in [1.165, 1.54) is 16.3 Å². The number of imide groups is 1. The molecular formula is C17H21N3O6S.